The molecule has 21 heavy (non-hydrogen) atoms. The van der Waals surface area contributed by atoms with E-state index in [1.165, 1.54) is 7.11 Å². The van der Waals surface area contributed by atoms with Gasteiger partial charge in [-0.25, -0.2) is 4.98 Å². The number of esters is 1. The summed E-state index contributed by atoms with van der Waals surface area (Å²) in [5, 5.41) is 0. The van der Waals surface area contributed by atoms with Gasteiger partial charge in [0.1, 0.15) is 5.65 Å². The number of pyridine rings is 1. The monoisotopic (exact) mass is 280 g/mol. The highest BCUT2D eigenvalue weighted by Gasteiger charge is 2.15. The van der Waals surface area contributed by atoms with Crippen molar-refractivity contribution in [2.75, 3.05) is 7.11 Å². The van der Waals surface area contributed by atoms with Crippen molar-refractivity contribution in [1.82, 2.24) is 9.38 Å². The average Bonchev–Trinajstić information content (AvgIpc) is 3.01. The molecule has 2 aromatic heterocycles. The molecular weight excluding hydrogens is 264 g/mol. The fourth-order valence-electron chi connectivity index (χ4n) is 2.37. The third-order valence-corrected chi connectivity index (χ3v) is 3.69. The van der Waals surface area contributed by atoms with Crippen LogP contribution in [0.25, 0.3) is 16.8 Å². The van der Waals surface area contributed by atoms with Gasteiger partial charge in [-0.15, -0.1) is 0 Å². The third kappa shape index (κ3) is 2.52. The summed E-state index contributed by atoms with van der Waals surface area (Å²) in [4.78, 5) is 15.8. The molecule has 0 N–H and O–H groups in total. The lowest BCUT2D eigenvalue weighted by atomic mass is 9.98. The molecule has 1 aromatic carbocycles. The van der Waals surface area contributed by atoms with Crippen LogP contribution in [0, 0.1) is 0 Å². The molecule has 4 nitrogen and oxygen atoms in total. The molecule has 0 bridgehead atoms. The molecule has 3 rings (SSSR count). The second-order valence-electron chi connectivity index (χ2n) is 4.98. The van der Waals surface area contributed by atoms with E-state index in [4.69, 9.17) is 4.74 Å². The van der Waals surface area contributed by atoms with Crippen LogP contribution in [0.1, 0.15) is 18.4 Å². The quantitative estimate of drug-likeness (QED) is 0.691. The van der Waals surface area contributed by atoms with Gasteiger partial charge in [0.25, 0.3) is 0 Å². The number of aromatic nitrogens is 2. The van der Waals surface area contributed by atoms with Crippen LogP contribution in [0.2, 0.25) is 0 Å². The summed E-state index contributed by atoms with van der Waals surface area (Å²) in [6, 6.07) is 12.0. The van der Waals surface area contributed by atoms with Gasteiger partial charge >= 0.3 is 5.97 Å². The first-order valence-corrected chi connectivity index (χ1v) is 6.80. The number of imidazole rings is 1. The molecule has 1 atom stereocenters. The second-order valence-corrected chi connectivity index (χ2v) is 4.98. The first-order valence-electron chi connectivity index (χ1n) is 6.80. The zero-order valence-corrected chi connectivity index (χ0v) is 12.0. The number of benzene rings is 1. The lowest BCUT2D eigenvalue weighted by Gasteiger charge is -2.10. The molecule has 1 unspecified atom stereocenters. The number of carbonyl (C=O) groups is 1. The van der Waals surface area contributed by atoms with Crippen LogP contribution in [0.5, 0.6) is 0 Å². The van der Waals surface area contributed by atoms with Gasteiger partial charge in [-0.3, -0.25) is 4.79 Å². The van der Waals surface area contributed by atoms with Crippen molar-refractivity contribution in [1.29, 1.82) is 0 Å². The zero-order chi connectivity index (χ0) is 14.8. The lowest BCUT2D eigenvalue weighted by Crippen LogP contribution is -2.10. The molecule has 3 aromatic rings. The van der Waals surface area contributed by atoms with Crippen LogP contribution < -0.4 is 0 Å². The Morgan fingerprint density at radius 3 is 2.57 bits per heavy atom. The van der Waals surface area contributed by atoms with Crippen molar-refractivity contribution in [3.05, 3.63) is 60.6 Å². The highest BCUT2D eigenvalue weighted by Crippen LogP contribution is 2.23. The maximum absolute atomic E-state index is 11.6. The molecule has 2 heterocycles. The van der Waals surface area contributed by atoms with Crippen molar-refractivity contribution >= 4 is 11.6 Å². The van der Waals surface area contributed by atoms with Crippen molar-refractivity contribution in [2.24, 2.45) is 0 Å². The van der Waals surface area contributed by atoms with E-state index >= 15 is 0 Å². The predicted molar refractivity (Wildman–Crippen MR) is 81.1 cm³/mol. The molecule has 0 saturated carbocycles. The summed E-state index contributed by atoms with van der Waals surface area (Å²) in [7, 11) is 1.41. The first-order chi connectivity index (χ1) is 10.2. The second kappa shape index (κ2) is 5.40. The van der Waals surface area contributed by atoms with Crippen LogP contribution in [0.4, 0.5) is 0 Å². The van der Waals surface area contributed by atoms with E-state index in [1.54, 1.807) is 6.20 Å². The highest BCUT2D eigenvalue weighted by atomic mass is 16.5. The van der Waals surface area contributed by atoms with E-state index in [9.17, 15) is 4.79 Å². The Labute approximate surface area is 123 Å². The Morgan fingerprint density at radius 1 is 1.14 bits per heavy atom. The summed E-state index contributed by atoms with van der Waals surface area (Å²) in [6.45, 7) is 1.85. The minimum absolute atomic E-state index is 0.220. The van der Waals surface area contributed by atoms with E-state index in [0.717, 1.165) is 22.3 Å². The standard InChI is InChI=1S/C17H16N2O2/c1-12(17(20)21-2)13-3-5-14(6-4-13)15-7-8-16-18-9-10-19(16)11-15/h3-12H,1-2H3. The maximum atomic E-state index is 11.6. The van der Waals surface area contributed by atoms with Crippen molar-refractivity contribution in [3.63, 3.8) is 0 Å². The van der Waals surface area contributed by atoms with Gasteiger partial charge in [-0.05, 0) is 35.7 Å². The van der Waals surface area contributed by atoms with Gasteiger partial charge in [-0.1, -0.05) is 24.3 Å². The van der Waals surface area contributed by atoms with E-state index in [2.05, 4.69) is 4.98 Å². The van der Waals surface area contributed by atoms with Crippen LogP contribution in [0.3, 0.4) is 0 Å². The Balaban J connectivity index is 1.91. The number of methoxy groups -OCH3 is 1. The minimum atomic E-state index is -0.250. The van der Waals surface area contributed by atoms with Crippen molar-refractivity contribution in [3.8, 4) is 11.1 Å². The molecule has 0 aliphatic rings. The van der Waals surface area contributed by atoms with Crippen LogP contribution in [0.15, 0.2) is 55.0 Å². The molecule has 0 saturated heterocycles. The molecule has 106 valence electrons. The molecule has 0 aliphatic carbocycles. The normalized spacial score (nSPS) is 12.3. The van der Waals surface area contributed by atoms with Gasteiger partial charge in [-0.2, -0.15) is 0 Å². The van der Waals surface area contributed by atoms with Crippen molar-refractivity contribution in [2.45, 2.75) is 12.8 Å². The number of hydrogen-bond donors (Lipinski definition) is 0. The SMILES string of the molecule is COC(=O)C(C)c1ccc(-c2ccc3nccn3c2)cc1. The topological polar surface area (TPSA) is 43.6 Å². The number of nitrogens with zero attached hydrogens (tertiary/aromatic N) is 2. The predicted octanol–water partition coefficient (Wildman–Crippen LogP) is 3.28. The summed E-state index contributed by atoms with van der Waals surface area (Å²) in [6.07, 6.45) is 5.74. The summed E-state index contributed by atoms with van der Waals surface area (Å²) < 4.78 is 6.76. The average molecular weight is 280 g/mol. The Bertz CT molecular complexity index is 775. The van der Waals surface area contributed by atoms with E-state index in [-0.39, 0.29) is 11.9 Å². The zero-order valence-electron chi connectivity index (χ0n) is 12.0. The van der Waals surface area contributed by atoms with Gasteiger partial charge in [0.2, 0.25) is 0 Å². The fourth-order valence-corrected chi connectivity index (χ4v) is 2.37. The largest absolute Gasteiger partial charge is 0.469 e. The summed E-state index contributed by atoms with van der Waals surface area (Å²) in [5.74, 6) is -0.470. The molecule has 0 spiro atoms. The van der Waals surface area contributed by atoms with E-state index in [1.807, 2.05) is 60.1 Å². The summed E-state index contributed by atoms with van der Waals surface area (Å²) in [5.41, 5.74) is 4.09. The fraction of sp³-hybridized carbons (Fsp3) is 0.176. The number of hydrogen-bond acceptors (Lipinski definition) is 3. The number of fused-ring (bicyclic) bond motifs is 1. The summed E-state index contributed by atoms with van der Waals surface area (Å²) >= 11 is 0. The maximum Gasteiger partial charge on any atom is 0.312 e. The van der Waals surface area contributed by atoms with Gasteiger partial charge in [0, 0.05) is 18.6 Å². The van der Waals surface area contributed by atoms with Crippen LogP contribution in [-0.2, 0) is 9.53 Å². The van der Waals surface area contributed by atoms with Gasteiger partial charge < -0.3 is 9.14 Å². The Hall–Kier alpha value is -2.62. The molecule has 0 amide bonds. The van der Waals surface area contributed by atoms with Gasteiger partial charge in [0.05, 0.1) is 13.0 Å². The van der Waals surface area contributed by atoms with E-state index in [0.29, 0.717) is 0 Å². The first kappa shape index (κ1) is 13.4. The number of ether oxygens (including phenoxy) is 1. The molecule has 4 heteroatoms. The van der Waals surface area contributed by atoms with Gasteiger partial charge in [0.15, 0.2) is 0 Å². The van der Waals surface area contributed by atoms with Crippen LogP contribution >= 0.6 is 0 Å². The Morgan fingerprint density at radius 2 is 1.86 bits per heavy atom. The molecule has 0 radical (unpaired) electrons. The lowest BCUT2D eigenvalue weighted by molar-refractivity contribution is -0.141. The smallest absolute Gasteiger partial charge is 0.312 e. The number of carbonyl (C=O) groups excluding carboxylic acids is 1. The third-order valence-electron chi connectivity index (χ3n) is 3.69. The van der Waals surface area contributed by atoms with Crippen LogP contribution in [-0.4, -0.2) is 22.5 Å². The Kier molecular flexibility index (Phi) is 3.44. The van der Waals surface area contributed by atoms with Crippen molar-refractivity contribution < 1.29 is 9.53 Å². The molecule has 0 fully saturated rings. The number of rotatable bonds is 3. The minimum Gasteiger partial charge on any atom is -0.469 e. The molecule has 0 aliphatic heterocycles. The van der Waals surface area contributed by atoms with E-state index < -0.39 is 0 Å². The molecular formula is C17H16N2O2. The highest BCUT2D eigenvalue weighted by molar-refractivity contribution is 5.78.